The quantitative estimate of drug-likeness (QED) is 0.810. The minimum atomic E-state index is 0.147. The molecule has 0 saturated carbocycles. The number of nitrogens with one attached hydrogen (secondary N) is 2. The van der Waals surface area contributed by atoms with Gasteiger partial charge in [0.2, 0.25) is 0 Å². The number of hydrogen-bond donors (Lipinski definition) is 2. The number of carbonyl (C=O) groups excluding carboxylic acids is 1. The Morgan fingerprint density at radius 2 is 1.95 bits per heavy atom. The number of fused-ring (bicyclic) bond motifs is 1. The molecule has 3 rings (SSSR count). The van der Waals surface area contributed by atoms with E-state index in [-0.39, 0.29) is 5.91 Å². The summed E-state index contributed by atoms with van der Waals surface area (Å²) in [5.74, 6) is 0.147. The Balaban J connectivity index is 1.83. The summed E-state index contributed by atoms with van der Waals surface area (Å²) >= 11 is 0. The molecule has 0 spiro atoms. The first-order chi connectivity index (χ1) is 9.75. The zero-order valence-corrected chi connectivity index (χ0v) is 12.0. The van der Waals surface area contributed by atoms with E-state index < -0.39 is 0 Å². The summed E-state index contributed by atoms with van der Waals surface area (Å²) in [5.41, 5.74) is 2.79. The lowest BCUT2D eigenvalue weighted by Gasteiger charge is -2.26. The highest BCUT2D eigenvalue weighted by Gasteiger charge is 2.23. The Labute approximate surface area is 119 Å². The molecule has 2 aliphatic heterocycles. The van der Waals surface area contributed by atoms with Crippen LogP contribution in [-0.2, 0) is 0 Å². The van der Waals surface area contributed by atoms with E-state index in [1.165, 1.54) is 0 Å². The van der Waals surface area contributed by atoms with Gasteiger partial charge in [-0.2, -0.15) is 0 Å². The van der Waals surface area contributed by atoms with Crippen molar-refractivity contribution in [2.75, 3.05) is 56.9 Å². The largest absolute Gasteiger partial charge is 0.382 e. The van der Waals surface area contributed by atoms with Crippen LogP contribution in [0.3, 0.4) is 0 Å². The van der Waals surface area contributed by atoms with Crippen LogP contribution in [0.5, 0.6) is 0 Å². The van der Waals surface area contributed by atoms with E-state index in [1.807, 2.05) is 23.1 Å². The average Bonchev–Trinajstić information content (AvgIpc) is 2.71. The summed E-state index contributed by atoms with van der Waals surface area (Å²) in [6, 6.07) is 5.90. The molecule has 108 valence electrons. The molecule has 2 aliphatic rings. The van der Waals surface area contributed by atoms with E-state index in [0.717, 1.165) is 62.6 Å². The van der Waals surface area contributed by atoms with E-state index in [1.54, 1.807) is 0 Å². The first-order valence-electron chi connectivity index (χ1n) is 7.34. The van der Waals surface area contributed by atoms with Crippen LogP contribution in [0.1, 0.15) is 16.8 Å². The molecule has 0 aromatic heterocycles. The smallest absolute Gasteiger partial charge is 0.256 e. The molecule has 1 fully saturated rings. The number of amides is 1. The van der Waals surface area contributed by atoms with Crippen LogP contribution in [0.15, 0.2) is 18.2 Å². The van der Waals surface area contributed by atoms with Gasteiger partial charge in [0.05, 0.1) is 16.9 Å². The van der Waals surface area contributed by atoms with Crippen molar-refractivity contribution in [3.05, 3.63) is 23.8 Å². The average molecular weight is 274 g/mol. The third-order valence-electron chi connectivity index (χ3n) is 4.04. The first kappa shape index (κ1) is 13.2. The molecule has 0 radical (unpaired) electrons. The maximum absolute atomic E-state index is 12.8. The second-order valence-electron chi connectivity index (χ2n) is 5.53. The second kappa shape index (κ2) is 5.71. The van der Waals surface area contributed by atoms with Crippen molar-refractivity contribution in [1.82, 2.24) is 9.80 Å². The number of anilines is 2. The lowest BCUT2D eigenvalue weighted by atomic mass is 10.1. The normalized spacial score (nSPS) is 19.6. The predicted molar refractivity (Wildman–Crippen MR) is 81.4 cm³/mol. The number of rotatable bonds is 1. The SMILES string of the molecule is CN1CCCN(C(=O)c2cccc3c2NCCN3)CC1. The molecule has 1 amide bonds. The summed E-state index contributed by atoms with van der Waals surface area (Å²) in [6.07, 6.45) is 1.04. The fourth-order valence-corrected chi connectivity index (χ4v) is 2.87. The van der Waals surface area contributed by atoms with Crippen molar-refractivity contribution in [2.45, 2.75) is 6.42 Å². The van der Waals surface area contributed by atoms with Gasteiger partial charge in [0.15, 0.2) is 0 Å². The summed E-state index contributed by atoms with van der Waals surface area (Å²) in [7, 11) is 2.11. The van der Waals surface area contributed by atoms with Crippen LogP contribution in [0, 0.1) is 0 Å². The summed E-state index contributed by atoms with van der Waals surface area (Å²) in [4.78, 5) is 17.0. The van der Waals surface area contributed by atoms with Gasteiger partial charge in [-0.1, -0.05) is 6.07 Å². The molecule has 5 heteroatoms. The second-order valence-corrected chi connectivity index (χ2v) is 5.53. The summed E-state index contributed by atoms with van der Waals surface area (Å²) in [5, 5.41) is 6.69. The number of para-hydroxylation sites is 1. The summed E-state index contributed by atoms with van der Waals surface area (Å²) in [6.45, 7) is 5.44. The lowest BCUT2D eigenvalue weighted by molar-refractivity contribution is 0.0764. The van der Waals surface area contributed by atoms with E-state index in [9.17, 15) is 4.79 Å². The highest BCUT2D eigenvalue weighted by molar-refractivity contribution is 6.02. The highest BCUT2D eigenvalue weighted by Crippen LogP contribution is 2.29. The van der Waals surface area contributed by atoms with Gasteiger partial charge in [-0.05, 0) is 32.1 Å². The van der Waals surface area contributed by atoms with Crippen molar-refractivity contribution in [3.63, 3.8) is 0 Å². The fourth-order valence-electron chi connectivity index (χ4n) is 2.87. The number of carbonyl (C=O) groups is 1. The highest BCUT2D eigenvalue weighted by atomic mass is 16.2. The van der Waals surface area contributed by atoms with Crippen LogP contribution >= 0.6 is 0 Å². The Morgan fingerprint density at radius 3 is 2.85 bits per heavy atom. The van der Waals surface area contributed by atoms with Crippen LogP contribution in [-0.4, -0.2) is 62.0 Å². The van der Waals surface area contributed by atoms with Gasteiger partial charge >= 0.3 is 0 Å². The van der Waals surface area contributed by atoms with Crippen molar-refractivity contribution in [1.29, 1.82) is 0 Å². The molecule has 1 aromatic carbocycles. The van der Waals surface area contributed by atoms with Crippen LogP contribution in [0.2, 0.25) is 0 Å². The fraction of sp³-hybridized carbons (Fsp3) is 0.533. The molecule has 1 aromatic rings. The van der Waals surface area contributed by atoms with Crippen molar-refractivity contribution in [2.24, 2.45) is 0 Å². The van der Waals surface area contributed by atoms with Crippen molar-refractivity contribution < 1.29 is 4.79 Å². The third-order valence-corrected chi connectivity index (χ3v) is 4.04. The molecule has 0 unspecified atom stereocenters. The minimum absolute atomic E-state index is 0.147. The Kier molecular flexibility index (Phi) is 3.78. The van der Waals surface area contributed by atoms with Gasteiger partial charge in [0, 0.05) is 32.7 Å². The minimum Gasteiger partial charge on any atom is -0.382 e. The third kappa shape index (κ3) is 2.58. The van der Waals surface area contributed by atoms with Gasteiger partial charge in [-0.15, -0.1) is 0 Å². The standard InChI is InChI=1S/C15H22N4O/c1-18-8-3-9-19(11-10-18)15(20)12-4-2-5-13-14(12)17-7-6-16-13/h2,4-5,16-17H,3,6-11H2,1H3. The van der Waals surface area contributed by atoms with E-state index in [0.29, 0.717) is 0 Å². The number of likely N-dealkylation sites (N-methyl/N-ethyl adjacent to an activating group) is 1. The topological polar surface area (TPSA) is 47.6 Å². The monoisotopic (exact) mass is 274 g/mol. The first-order valence-corrected chi connectivity index (χ1v) is 7.34. The Bertz CT molecular complexity index is 503. The maximum Gasteiger partial charge on any atom is 0.256 e. The molecule has 2 heterocycles. The van der Waals surface area contributed by atoms with Crippen LogP contribution in [0.4, 0.5) is 11.4 Å². The van der Waals surface area contributed by atoms with Gasteiger partial charge in [0.25, 0.3) is 5.91 Å². The molecule has 0 bridgehead atoms. The molecule has 0 aliphatic carbocycles. The molecule has 2 N–H and O–H groups in total. The Morgan fingerprint density at radius 1 is 1.10 bits per heavy atom. The number of benzene rings is 1. The lowest BCUT2D eigenvalue weighted by Crippen LogP contribution is -2.35. The molecule has 20 heavy (non-hydrogen) atoms. The molecular weight excluding hydrogens is 252 g/mol. The number of nitrogens with zero attached hydrogens (tertiary/aromatic N) is 2. The van der Waals surface area contributed by atoms with Gasteiger partial charge < -0.3 is 20.4 Å². The zero-order valence-electron chi connectivity index (χ0n) is 12.0. The predicted octanol–water partition coefficient (Wildman–Crippen LogP) is 1.30. The zero-order chi connectivity index (χ0) is 13.9. The van der Waals surface area contributed by atoms with Crippen LogP contribution < -0.4 is 10.6 Å². The Hall–Kier alpha value is -1.75. The van der Waals surface area contributed by atoms with E-state index in [2.05, 4.69) is 22.6 Å². The van der Waals surface area contributed by atoms with Crippen LogP contribution in [0.25, 0.3) is 0 Å². The summed E-state index contributed by atoms with van der Waals surface area (Å²) < 4.78 is 0. The van der Waals surface area contributed by atoms with E-state index >= 15 is 0 Å². The van der Waals surface area contributed by atoms with E-state index in [4.69, 9.17) is 0 Å². The maximum atomic E-state index is 12.8. The van der Waals surface area contributed by atoms with Gasteiger partial charge in [-0.25, -0.2) is 0 Å². The van der Waals surface area contributed by atoms with Crippen molar-refractivity contribution >= 4 is 17.3 Å². The molecule has 5 nitrogen and oxygen atoms in total. The molecular formula is C15H22N4O. The molecule has 1 saturated heterocycles. The van der Waals surface area contributed by atoms with Crippen molar-refractivity contribution in [3.8, 4) is 0 Å². The number of hydrogen-bond acceptors (Lipinski definition) is 4. The molecule has 0 atom stereocenters. The van der Waals surface area contributed by atoms with Gasteiger partial charge in [0.1, 0.15) is 0 Å². The van der Waals surface area contributed by atoms with Gasteiger partial charge in [-0.3, -0.25) is 4.79 Å².